The van der Waals surface area contributed by atoms with Crippen molar-refractivity contribution in [3.05, 3.63) is 95.5 Å². The van der Waals surface area contributed by atoms with Crippen molar-refractivity contribution >= 4 is 45.4 Å². The molecule has 0 aliphatic carbocycles. The Morgan fingerprint density at radius 3 is 2.46 bits per heavy atom. The number of amides is 2. The minimum atomic E-state index is -4.76. The van der Waals surface area contributed by atoms with Crippen LogP contribution in [0.4, 0.5) is 27.8 Å². The minimum Gasteiger partial charge on any atom is -0.459 e. The number of nitrogens with one attached hydrogen (secondary N) is 1. The van der Waals surface area contributed by atoms with Crippen molar-refractivity contribution in [1.29, 1.82) is 0 Å². The van der Waals surface area contributed by atoms with Gasteiger partial charge in [0.15, 0.2) is 0 Å². The number of halogens is 5. The van der Waals surface area contributed by atoms with Gasteiger partial charge in [0.1, 0.15) is 17.2 Å². The van der Waals surface area contributed by atoms with E-state index in [0.29, 0.717) is 5.82 Å². The van der Waals surface area contributed by atoms with E-state index in [1.165, 1.54) is 41.4 Å². The van der Waals surface area contributed by atoms with Crippen LogP contribution in [-0.4, -0.2) is 45.7 Å². The molecule has 8 nitrogen and oxygen atoms in total. The molecule has 1 aliphatic heterocycles. The number of nitrogens with zero attached hydrogens (tertiary/aromatic N) is 3. The van der Waals surface area contributed by atoms with Crippen LogP contribution in [0.5, 0.6) is 0 Å². The minimum absolute atomic E-state index is 0.0998. The van der Waals surface area contributed by atoms with Gasteiger partial charge in [-0.2, -0.15) is 13.2 Å². The van der Waals surface area contributed by atoms with Crippen molar-refractivity contribution in [3.8, 4) is 11.3 Å². The third-order valence-electron chi connectivity index (χ3n) is 7.69. The first kappa shape index (κ1) is 30.7. The summed E-state index contributed by atoms with van der Waals surface area (Å²) in [6.45, 7) is -0.363. The lowest BCUT2D eigenvalue weighted by Gasteiger charge is -2.31. The molecular weight excluding hydrogens is 609 g/mol. The smallest absolute Gasteiger partial charge is 0.420 e. The maximum Gasteiger partial charge on any atom is 0.420 e. The molecule has 2 amide bonds. The second-order valence-electron chi connectivity index (χ2n) is 11.0. The van der Waals surface area contributed by atoms with Crippen LogP contribution in [0.15, 0.2) is 77.5 Å². The molecule has 3 N–H and O–H groups in total. The number of alkyl halides is 5. The van der Waals surface area contributed by atoms with Crippen LogP contribution in [0.3, 0.4) is 0 Å². The summed E-state index contributed by atoms with van der Waals surface area (Å²) < 4.78 is 74.7. The molecule has 0 spiro atoms. The Hall–Kier alpha value is -5.33. The number of rotatable bonds is 6. The molecule has 1 fully saturated rings. The number of hydrogen-bond acceptors (Lipinski definition) is 6. The molecule has 0 radical (unpaired) electrons. The Kier molecular flexibility index (Phi) is 7.92. The predicted octanol–water partition coefficient (Wildman–Crippen LogP) is 6.84. The average molecular weight is 636 g/mol. The van der Waals surface area contributed by atoms with Gasteiger partial charge in [0.25, 0.3) is 11.8 Å². The highest BCUT2D eigenvalue weighted by atomic mass is 19.4. The average Bonchev–Trinajstić information content (AvgIpc) is 3.44. The number of anilines is 1. The molecule has 13 heteroatoms. The number of aromatic nitrogens is 2. The largest absolute Gasteiger partial charge is 0.459 e. The SMILES string of the molecule is Nc1cc2ccc(C=CC(=O)NCc3cc4cc(-c5ccc(C(=O)N6CCC(F)(F)CC6)cn5)cc(C(F)(F)F)c4o3)cc2cn1. The molecule has 236 valence electrons. The van der Waals surface area contributed by atoms with Gasteiger partial charge in [-0.1, -0.05) is 12.1 Å². The zero-order valence-electron chi connectivity index (χ0n) is 24.1. The van der Waals surface area contributed by atoms with Crippen molar-refractivity contribution < 1.29 is 36.0 Å². The molecule has 0 unspecified atom stereocenters. The van der Waals surface area contributed by atoms with Crippen LogP contribution in [0.2, 0.25) is 0 Å². The van der Waals surface area contributed by atoms with E-state index in [0.717, 1.165) is 22.4 Å². The normalized spacial score (nSPS) is 15.1. The van der Waals surface area contributed by atoms with Gasteiger partial charge in [-0.3, -0.25) is 14.6 Å². The second kappa shape index (κ2) is 11.9. The van der Waals surface area contributed by atoms with Gasteiger partial charge in [-0.15, -0.1) is 0 Å². The summed E-state index contributed by atoms with van der Waals surface area (Å²) in [5, 5.41) is 4.49. The lowest BCUT2D eigenvalue weighted by Crippen LogP contribution is -2.42. The topological polar surface area (TPSA) is 114 Å². The van der Waals surface area contributed by atoms with E-state index in [9.17, 15) is 31.5 Å². The summed E-state index contributed by atoms with van der Waals surface area (Å²) in [4.78, 5) is 34.8. The number of nitrogens with two attached hydrogens (primary N) is 1. The van der Waals surface area contributed by atoms with Crippen molar-refractivity contribution in [2.45, 2.75) is 31.5 Å². The van der Waals surface area contributed by atoms with Gasteiger partial charge in [-0.05, 0) is 59.5 Å². The molecule has 2 aromatic carbocycles. The van der Waals surface area contributed by atoms with E-state index in [2.05, 4.69) is 15.3 Å². The third kappa shape index (κ3) is 6.67. The first-order chi connectivity index (χ1) is 21.8. The van der Waals surface area contributed by atoms with Crippen molar-refractivity contribution in [2.24, 2.45) is 0 Å². The van der Waals surface area contributed by atoms with E-state index < -0.39 is 47.9 Å². The van der Waals surface area contributed by atoms with Crippen LogP contribution < -0.4 is 11.1 Å². The van der Waals surface area contributed by atoms with Crippen molar-refractivity contribution in [2.75, 3.05) is 18.8 Å². The van der Waals surface area contributed by atoms with E-state index in [1.54, 1.807) is 24.4 Å². The highest BCUT2D eigenvalue weighted by Gasteiger charge is 2.37. The van der Waals surface area contributed by atoms with Crippen LogP contribution in [0.25, 0.3) is 39.1 Å². The van der Waals surface area contributed by atoms with E-state index in [1.807, 2.05) is 12.1 Å². The van der Waals surface area contributed by atoms with Crippen LogP contribution in [0.1, 0.15) is 40.1 Å². The zero-order valence-corrected chi connectivity index (χ0v) is 24.1. The Labute approximate surface area is 258 Å². The molecule has 6 rings (SSSR count). The zero-order chi connectivity index (χ0) is 32.6. The number of piperidine rings is 1. The van der Waals surface area contributed by atoms with E-state index in [-0.39, 0.29) is 47.6 Å². The molecule has 0 saturated carbocycles. The molecule has 1 aliphatic rings. The second-order valence-corrected chi connectivity index (χ2v) is 11.0. The maximum atomic E-state index is 14.1. The summed E-state index contributed by atoms with van der Waals surface area (Å²) in [6, 6.07) is 13.8. The summed E-state index contributed by atoms with van der Waals surface area (Å²) in [5.74, 6) is -3.26. The number of nitrogen functional groups attached to an aromatic ring is 1. The fourth-order valence-electron chi connectivity index (χ4n) is 5.25. The number of furan rings is 1. The summed E-state index contributed by atoms with van der Waals surface area (Å²) in [5.41, 5.74) is 5.46. The molecular formula is C33H26F5N5O3. The van der Waals surface area contributed by atoms with Gasteiger partial charge in [0.2, 0.25) is 5.91 Å². The summed E-state index contributed by atoms with van der Waals surface area (Å²) >= 11 is 0. The van der Waals surface area contributed by atoms with Gasteiger partial charge in [-0.25, -0.2) is 13.8 Å². The highest BCUT2D eigenvalue weighted by Crippen LogP contribution is 2.39. The number of fused-ring (bicyclic) bond motifs is 2. The number of benzene rings is 2. The third-order valence-corrected chi connectivity index (χ3v) is 7.69. The number of likely N-dealkylation sites (tertiary alicyclic amines) is 1. The predicted molar refractivity (Wildman–Crippen MR) is 162 cm³/mol. The number of hydrogen-bond donors (Lipinski definition) is 2. The molecule has 0 bridgehead atoms. The Morgan fingerprint density at radius 2 is 1.74 bits per heavy atom. The van der Waals surface area contributed by atoms with Gasteiger partial charge in [0, 0.05) is 60.7 Å². The first-order valence-corrected chi connectivity index (χ1v) is 14.2. The quantitative estimate of drug-likeness (QED) is 0.156. The molecule has 4 heterocycles. The van der Waals surface area contributed by atoms with Gasteiger partial charge in [0.05, 0.1) is 23.4 Å². The van der Waals surface area contributed by atoms with Gasteiger partial charge >= 0.3 is 6.18 Å². The molecule has 46 heavy (non-hydrogen) atoms. The summed E-state index contributed by atoms with van der Waals surface area (Å²) in [7, 11) is 0. The molecule has 3 aromatic heterocycles. The van der Waals surface area contributed by atoms with Crippen molar-refractivity contribution in [3.63, 3.8) is 0 Å². The van der Waals surface area contributed by atoms with Crippen LogP contribution >= 0.6 is 0 Å². The fraction of sp³-hybridized carbons (Fsp3) is 0.212. The fourth-order valence-corrected chi connectivity index (χ4v) is 5.25. The Balaban J connectivity index is 1.17. The standard InChI is InChI=1S/C33H26F5N5O3/c34-32(35)7-9-43(10-8-32)31(45)21-4-5-27(40-16-21)22-12-23-13-25(46-30(23)26(14-22)33(36,37)38)18-42-29(44)6-2-19-1-3-20-15-28(39)41-17-24(20)11-19/h1-6,11-17H,7-10,18H2,(H2,39,41)(H,42,44). The summed E-state index contributed by atoms with van der Waals surface area (Å²) in [6.07, 6.45) is 0.109. The number of carbonyl (C=O) groups is 2. The molecule has 5 aromatic rings. The van der Waals surface area contributed by atoms with Crippen LogP contribution in [0, 0.1) is 0 Å². The Bertz CT molecular complexity index is 1980. The Morgan fingerprint density at radius 1 is 0.957 bits per heavy atom. The number of carbonyl (C=O) groups excluding carboxylic acids is 2. The molecule has 0 atom stereocenters. The van der Waals surface area contributed by atoms with Crippen molar-refractivity contribution in [1.82, 2.24) is 20.2 Å². The molecule has 1 saturated heterocycles. The maximum absolute atomic E-state index is 14.1. The highest BCUT2D eigenvalue weighted by molar-refractivity contribution is 5.95. The lowest BCUT2D eigenvalue weighted by molar-refractivity contribution is -0.136. The van der Waals surface area contributed by atoms with E-state index in [4.69, 9.17) is 10.2 Å². The van der Waals surface area contributed by atoms with E-state index >= 15 is 0 Å². The number of pyridine rings is 2. The first-order valence-electron chi connectivity index (χ1n) is 14.2. The monoisotopic (exact) mass is 635 g/mol. The lowest BCUT2D eigenvalue weighted by atomic mass is 10.0. The van der Waals surface area contributed by atoms with Gasteiger partial charge < -0.3 is 20.4 Å². The van der Waals surface area contributed by atoms with Crippen LogP contribution in [-0.2, 0) is 17.5 Å².